The van der Waals surface area contributed by atoms with E-state index in [2.05, 4.69) is 66.7 Å². The first-order chi connectivity index (χ1) is 11.9. The van der Waals surface area contributed by atoms with Gasteiger partial charge in [-0.25, -0.2) is 0 Å². The molecule has 0 spiro atoms. The van der Waals surface area contributed by atoms with Crippen molar-refractivity contribution < 1.29 is 4.79 Å². The fourth-order valence-electron chi connectivity index (χ4n) is 3.22. The van der Waals surface area contributed by atoms with E-state index in [0.717, 1.165) is 17.4 Å². The zero-order valence-corrected chi connectivity index (χ0v) is 13.1. The van der Waals surface area contributed by atoms with Crippen molar-refractivity contribution in [3.05, 3.63) is 96.6 Å². The Morgan fingerprint density at radius 2 is 1.21 bits per heavy atom. The number of hydrogen-bond donors (Lipinski definition) is 0. The predicted molar refractivity (Wildman–Crippen MR) is 100 cm³/mol. The molecular weight excluding hydrogens is 292 g/mol. The molecule has 0 aromatic heterocycles. The van der Waals surface area contributed by atoms with Gasteiger partial charge in [-0.05, 0) is 39.1 Å². The van der Waals surface area contributed by atoms with E-state index in [-0.39, 0.29) is 0 Å². The normalized spacial score (nSPS) is 10.7. The summed E-state index contributed by atoms with van der Waals surface area (Å²) < 4.78 is 0. The number of benzene rings is 4. The molecule has 1 heteroatoms. The average molecular weight is 308 g/mol. The van der Waals surface area contributed by atoms with Crippen molar-refractivity contribution in [2.24, 2.45) is 0 Å². The Bertz CT molecular complexity index is 1010. The Morgan fingerprint density at radius 3 is 1.92 bits per heavy atom. The van der Waals surface area contributed by atoms with Crippen LogP contribution in [0.2, 0.25) is 0 Å². The first-order valence-electron chi connectivity index (χ1n) is 7.99. The van der Waals surface area contributed by atoms with Crippen molar-refractivity contribution >= 4 is 17.1 Å². The molecule has 1 nitrogen and oxygen atoms in total. The maximum atomic E-state index is 11.1. The van der Waals surface area contributed by atoms with E-state index in [0.29, 0.717) is 5.56 Å². The van der Waals surface area contributed by atoms with Crippen LogP contribution in [0.3, 0.4) is 0 Å². The molecular formula is C23H16O. The molecule has 0 fully saturated rings. The molecule has 0 radical (unpaired) electrons. The summed E-state index contributed by atoms with van der Waals surface area (Å²) in [5.74, 6) is 0. The first-order valence-corrected chi connectivity index (χ1v) is 7.99. The number of aldehydes is 1. The third-order valence-corrected chi connectivity index (χ3v) is 4.32. The highest BCUT2D eigenvalue weighted by Gasteiger charge is 2.10. The van der Waals surface area contributed by atoms with Gasteiger partial charge in [0, 0.05) is 5.56 Å². The third-order valence-electron chi connectivity index (χ3n) is 4.32. The van der Waals surface area contributed by atoms with Gasteiger partial charge in [-0.1, -0.05) is 84.9 Å². The Morgan fingerprint density at radius 1 is 0.583 bits per heavy atom. The molecule has 0 aliphatic heterocycles. The molecule has 0 aliphatic rings. The van der Waals surface area contributed by atoms with Gasteiger partial charge < -0.3 is 0 Å². The molecule has 4 aromatic rings. The van der Waals surface area contributed by atoms with E-state index in [4.69, 9.17) is 0 Å². The Hall–Kier alpha value is -3.19. The summed E-state index contributed by atoms with van der Waals surface area (Å²) in [6.07, 6.45) is 0.896. The number of carbonyl (C=O) groups excluding carboxylic acids is 1. The van der Waals surface area contributed by atoms with Crippen molar-refractivity contribution in [2.45, 2.75) is 0 Å². The molecule has 4 aromatic carbocycles. The van der Waals surface area contributed by atoms with Crippen LogP contribution < -0.4 is 0 Å². The van der Waals surface area contributed by atoms with E-state index in [1.54, 1.807) is 0 Å². The smallest absolute Gasteiger partial charge is 0.150 e. The summed E-state index contributed by atoms with van der Waals surface area (Å²) in [5, 5.41) is 2.42. The highest BCUT2D eigenvalue weighted by Crippen LogP contribution is 2.36. The molecule has 24 heavy (non-hydrogen) atoms. The molecule has 0 saturated heterocycles. The monoisotopic (exact) mass is 308 g/mol. The standard InChI is InChI=1S/C23H16O/c24-16-17-7-4-12-20(15-17)22-14-6-11-19-10-5-13-21(23(19)22)18-8-2-1-3-9-18/h1-16H. The van der Waals surface area contributed by atoms with Crippen molar-refractivity contribution in [1.82, 2.24) is 0 Å². The van der Waals surface area contributed by atoms with Crippen LogP contribution in [0.1, 0.15) is 10.4 Å². The SMILES string of the molecule is O=Cc1cccc(-c2cccc3cccc(-c4ccccc4)c23)c1. The second-order valence-electron chi connectivity index (χ2n) is 5.82. The number of fused-ring (bicyclic) bond motifs is 1. The minimum Gasteiger partial charge on any atom is -0.298 e. The average Bonchev–Trinajstić information content (AvgIpc) is 2.68. The minimum atomic E-state index is 0.696. The summed E-state index contributed by atoms with van der Waals surface area (Å²) in [5.41, 5.74) is 5.31. The largest absolute Gasteiger partial charge is 0.298 e. The fraction of sp³-hybridized carbons (Fsp3) is 0. The predicted octanol–water partition coefficient (Wildman–Crippen LogP) is 5.99. The van der Waals surface area contributed by atoms with Crippen molar-refractivity contribution in [3.8, 4) is 22.3 Å². The molecule has 0 heterocycles. The van der Waals surface area contributed by atoms with Crippen molar-refractivity contribution in [1.29, 1.82) is 0 Å². The van der Waals surface area contributed by atoms with Crippen LogP contribution in [0.15, 0.2) is 91.0 Å². The van der Waals surface area contributed by atoms with E-state index < -0.39 is 0 Å². The first kappa shape index (κ1) is 14.4. The highest BCUT2D eigenvalue weighted by molar-refractivity contribution is 6.06. The number of hydrogen-bond acceptors (Lipinski definition) is 1. The van der Waals surface area contributed by atoms with Gasteiger partial charge in [0.15, 0.2) is 0 Å². The van der Waals surface area contributed by atoms with Gasteiger partial charge in [0.1, 0.15) is 6.29 Å². The van der Waals surface area contributed by atoms with Crippen LogP contribution in [0.4, 0.5) is 0 Å². The van der Waals surface area contributed by atoms with Gasteiger partial charge >= 0.3 is 0 Å². The summed E-state index contributed by atoms with van der Waals surface area (Å²) >= 11 is 0. The highest BCUT2D eigenvalue weighted by atomic mass is 16.1. The second-order valence-corrected chi connectivity index (χ2v) is 5.82. The Balaban J connectivity index is 2.04. The summed E-state index contributed by atoms with van der Waals surface area (Å²) in [6, 6.07) is 30.9. The third kappa shape index (κ3) is 2.50. The van der Waals surface area contributed by atoms with E-state index in [1.165, 1.54) is 21.9 Å². The summed E-state index contributed by atoms with van der Waals surface area (Å²) in [7, 11) is 0. The maximum Gasteiger partial charge on any atom is 0.150 e. The summed E-state index contributed by atoms with van der Waals surface area (Å²) in [6.45, 7) is 0. The Kier molecular flexibility index (Phi) is 3.68. The van der Waals surface area contributed by atoms with Gasteiger partial charge in [-0.3, -0.25) is 4.79 Å². The minimum absolute atomic E-state index is 0.696. The molecule has 0 bridgehead atoms. The quantitative estimate of drug-likeness (QED) is 0.425. The van der Waals surface area contributed by atoms with Gasteiger partial charge in [0.25, 0.3) is 0 Å². The molecule has 114 valence electrons. The molecule has 0 N–H and O–H groups in total. The van der Waals surface area contributed by atoms with Crippen molar-refractivity contribution in [2.75, 3.05) is 0 Å². The number of rotatable bonds is 3. The molecule has 0 aliphatic carbocycles. The van der Waals surface area contributed by atoms with Crippen LogP contribution in [0.5, 0.6) is 0 Å². The van der Waals surface area contributed by atoms with Crippen LogP contribution in [-0.2, 0) is 0 Å². The van der Waals surface area contributed by atoms with Gasteiger partial charge in [-0.15, -0.1) is 0 Å². The molecule has 4 rings (SSSR count). The Labute approximate surface area is 141 Å². The van der Waals surface area contributed by atoms with Crippen LogP contribution in [-0.4, -0.2) is 6.29 Å². The van der Waals surface area contributed by atoms with E-state index in [1.807, 2.05) is 24.3 Å². The van der Waals surface area contributed by atoms with Crippen LogP contribution in [0, 0.1) is 0 Å². The van der Waals surface area contributed by atoms with E-state index >= 15 is 0 Å². The second kappa shape index (κ2) is 6.13. The van der Waals surface area contributed by atoms with Gasteiger partial charge in [-0.2, -0.15) is 0 Å². The van der Waals surface area contributed by atoms with Crippen molar-refractivity contribution in [3.63, 3.8) is 0 Å². The lowest BCUT2D eigenvalue weighted by atomic mass is 9.91. The number of carbonyl (C=O) groups is 1. The van der Waals surface area contributed by atoms with Gasteiger partial charge in [0.2, 0.25) is 0 Å². The lowest BCUT2D eigenvalue weighted by molar-refractivity contribution is 0.112. The fourth-order valence-corrected chi connectivity index (χ4v) is 3.22. The zero-order valence-electron chi connectivity index (χ0n) is 13.1. The van der Waals surface area contributed by atoms with Crippen LogP contribution >= 0.6 is 0 Å². The lowest BCUT2D eigenvalue weighted by Crippen LogP contribution is -1.87. The summed E-state index contributed by atoms with van der Waals surface area (Å²) in [4.78, 5) is 11.1. The molecule has 0 amide bonds. The molecule has 0 atom stereocenters. The zero-order chi connectivity index (χ0) is 16.4. The molecule has 0 unspecified atom stereocenters. The van der Waals surface area contributed by atoms with Gasteiger partial charge in [0.05, 0.1) is 0 Å². The topological polar surface area (TPSA) is 17.1 Å². The van der Waals surface area contributed by atoms with E-state index in [9.17, 15) is 4.79 Å². The maximum absolute atomic E-state index is 11.1. The molecule has 0 saturated carbocycles. The lowest BCUT2D eigenvalue weighted by Gasteiger charge is -2.13. The van der Waals surface area contributed by atoms with Crippen LogP contribution in [0.25, 0.3) is 33.0 Å².